The number of rotatable bonds is 11. The fraction of sp³-hybridized carbons (Fsp3) is 0.194. The molecule has 0 aliphatic carbocycles. The molecule has 178 valence electrons. The van der Waals surface area contributed by atoms with E-state index >= 15 is 0 Å². The van der Waals surface area contributed by atoms with E-state index in [1.165, 1.54) is 16.7 Å². The summed E-state index contributed by atoms with van der Waals surface area (Å²) in [6.07, 6.45) is 2.57. The summed E-state index contributed by atoms with van der Waals surface area (Å²) in [6, 6.07) is 33.4. The highest BCUT2D eigenvalue weighted by Gasteiger charge is 2.20. The monoisotopic (exact) mass is 482 g/mol. The first-order valence-electron chi connectivity index (χ1n) is 11.8. The molecule has 0 aliphatic rings. The summed E-state index contributed by atoms with van der Waals surface area (Å²) >= 11 is 0. The minimum absolute atomic E-state index is 0.174. The van der Waals surface area contributed by atoms with Gasteiger partial charge < -0.3 is 9.47 Å². The Morgan fingerprint density at radius 1 is 0.800 bits per heavy atom. The average Bonchev–Trinajstić information content (AvgIpc) is 2.89. The van der Waals surface area contributed by atoms with Crippen molar-refractivity contribution >= 4 is 20.2 Å². The Balaban J connectivity index is 1.78. The van der Waals surface area contributed by atoms with Gasteiger partial charge >= 0.3 is 0 Å². The minimum Gasteiger partial charge on any atom is -0.467 e. The van der Waals surface area contributed by atoms with Crippen LogP contribution in [-0.2, 0) is 17.6 Å². The first-order chi connectivity index (χ1) is 17.2. The summed E-state index contributed by atoms with van der Waals surface area (Å²) in [6.45, 7) is 2.40. The van der Waals surface area contributed by atoms with Crippen LogP contribution in [0.2, 0.25) is 0 Å². The lowest BCUT2D eigenvalue weighted by molar-refractivity contribution is 0.0498. The molecule has 0 aromatic heterocycles. The summed E-state index contributed by atoms with van der Waals surface area (Å²) < 4.78 is 11.5. The van der Waals surface area contributed by atoms with Crippen molar-refractivity contribution in [1.29, 1.82) is 0 Å². The van der Waals surface area contributed by atoms with Gasteiger partial charge in [0.15, 0.2) is 13.1 Å². The van der Waals surface area contributed by atoms with E-state index in [4.69, 9.17) is 9.47 Å². The van der Waals surface area contributed by atoms with E-state index < -0.39 is 0 Å². The molecule has 0 N–H and O–H groups in total. The van der Waals surface area contributed by atoms with Gasteiger partial charge in [-0.05, 0) is 34.0 Å². The van der Waals surface area contributed by atoms with Crippen LogP contribution in [-0.4, -0.2) is 20.2 Å². The van der Waals surface area contributed by atoms with E-state index in [1.54, 1.807) is 7.11 Å². The number of carbonyl (C=O) groups excluding carboxylic acids is 1. The second-order valence-corrected chi connectivity index (χ2v) is 10.3. The van der Waals surface area contributed by atoms with E-state index in [1.807, 2.05) is 36.4 Å². The molecule has 0 radical (unpaired) electrons. The first-order valence-corrected chi connectivity index (χ1v) is 12.9. The van der Waals surface area contributed by atoms with E-state index in [0.29, 0.717) is 8.58 Å². The van der Waals surface area contributed by atoms with E-state index in [-0.39, 0.29) is 12.5 Å². The van der Waals surface area contributed by atoms with Gasteiger partial charge in [0.1, 0.15) is 5.75 Å². The largest absolute Gasteiger partial charge is 0.467 e. The second-order valence-electron chi connectivity index (χ2n) is 8.62. The minimum atomic E-state index is 0.174. The van der Waals surface area contributed by atoms with Gasteiger partial charge in [-0.25, -0.2) is 0 Å². The van der Waals surface area contributed by atoms with Crippen LogP contribution in [0.5, 0.6) is 5.75 Å². The molecule has 0 saturated heterocycles. The lowest BCUT2D eigenvalue weighted by atomic mass is 9.94. The highest BCUT2D eigenvalue weighted by molar-refractivity contribution is 7.47. The van der Waals surface area contributed by atoms with Crippen LogP contribution >= 0.6 is 8.58 Å². The normalized spacial score (nSPS) is 12.1. The van der Waals surface area contributed by atoms with E-state index in [9.17, 15) is 4.79 Å². The number of hydrogen-bond donors (Lipinski definition) is 0. The molecule has 0 fully saturated rings. The molecule has 4 rings (SSSR count). The third-order valence-corrected chi connectivity index (χ3v) is 7.50. The molecule has 2 unspecified atom stereocenters. The highest BCUT2D eigenvalue weighted by atomic mass is 31.1. The Bertz CT molecular complexity index is 1240. The van der Waals surface area contributed by atoms with Gasteiger partial charge in [0, 0.05) is 30.3 Å². The van der Waals surface area contributed by atoms with E-state index in [0.717, 1.165) is 46.9 Å². The van der Waals surface area contributed by atoms with Gasteiger partial charge in [0.25, 0.3) is 0 Å². The van der Waals surface area contributed by atoms with Gasteiger partial charge in [-0.3, -0.25) is 4.79 Å². The maximum absolute atomic E-state index is 11.6. The molecule has 4 aromatic rings. The predicted octanol–water partition coefficient (Wildman–Crippen LogP) is 6.73. The third-order valence-electron chi connectivity index (χ3n) is 5.99. The zero-order valence-corrected chi connectivity index (χ0v) is 21.2. The van der Waals surface area contributed by atoms with Gasteiger partial charge in [0.05, 0.1) is 0 Å². The predicted molar refractivity (Wildman–Crippen MR) is 146 cm³/mol. The van der Waals surface area contributed by atoms with Gasteiger partial charge in [-0.1, -0.05) is 113 Å². The number of ether oxygens (including phenoxy) is 2. The number of aldehydes is 1. The van der Waals surface area contributed by atoms with Crippen molar-refractivity contribution in [3.8, 4) is 5.75 Å². The van der Waals surface area contributed by atoms with Gasteiger partial charge in [-0.15, -0.1) is 0 Å². The second kappa shape index (κ2) is 12.4. The molecule has 4 heteroatoms. The molecular formula is C31H31O3P. The fourth-order valence-electron chi connectivity index (χ4n) is 4.32. The van der Waals surface area contributed by atoms with Crippen molar-refractivity contribution in [3.05, 3.63) is 130 Å². The summed E-state index contributed by atoms with van der Waals surface area (Å²) in [5.41, 5.74) is 6.99. The first kappa shape index (κ1) is 24.9. The van der Waals surface area contributed by atoms with Crippen molar-refractivity contribution in [2.24, 2.45) is 0 Å². The lowest BCUT2D eigenvalue weighted by Crippen LogP contribution is -2.10. The van der Waals surface area contributed by atoms with Crippen LogP contribution in [0.25, 0.3) is 0 Å². The molecule has 4 aromatic carbocycles. The molecule has 0 heterocycles. The van der Waals surface area contributed by atoms with E-state index in [2.05, 4.69) is 67.6 Å². The van der Waals surface area contributed by atoms with Crippen molar-refractivity contribution < 1.29 is 14.3 Å². The van der Waals surface area contributed by atoms with Gasteiger partial charge in [0.2, 0.25) is 0 Å². The van der Waals surface area contributed by atoms with Crippen molar-refractivity contribution in [2.45, 2.75) is 25.4 Å². The quantitative estimate of drug-likeness (QED) is 0.135. The van der Waals surface area contributed by atoms with Crippen molar-refractivity contribution in [3.63, 3.8) is 0 Å². The average molecular weight is 483 g/mol. The van der Waals surface area contributed by atoms with Crippen LogP contribution in [0, 0.1) is 0 Å². The Morgan fingerprint density at radius 3 is 2.09 bits per heavy atom. The summed E-state index contributed by atoms with van der Waals surface area (Å²) in [5, 5.41) is 1.07. The molecular weight excluding hydrogens is 451 g/mol. The Hall–Kier alpha value is -3.26. The topological polar surface area (TPSA) is 35.5 Å². The number of methoxy groups -OCH3 is 1. The lowest BCUT2D eigenvalue weighted by Gasteiger charge is -2.22. The smallest absolute Gasteiger partial charge is 0.188 e. The molecule has 2 atom stereocenters. The number of carbonyl (C=O) groups is 1. The Labute approximate surface area is 209 Å². The molecule has 35 heavy (non-hydrogen) atoms. The number of benzene rings is 4. The van der Waals surface area contributed by atoms with Crippen LogP contribution in [0.3, 0.4) is 0 Å². The van der Waals surface area contributed by atoms with Crippen LogP contribution in [0.1, 0.15) is 50.8 Å². The van der Waals surface area contributed by atoms with Crippen LogP contribution in [0.15, 0.2) is 97.1 Å². The standard InChI is InChI=1S/C31H31O3P/c1-23(35-30-16-10-9-15-27(30)21-32)29-20-26(17-24-11-5-3-6-12-24)19-28(31(29)34-22-33-2)18-25-13-7-4-8-14-25/h3-16,19-21,23,35H,17-18,22H2,1-2H3. The van der Waals surface area contributed by atoms with Crippen molar-refractivity contribution in [1.82, 2.24) is 0 Å². The third kappa shape index (κ3) is 6.66. The van der Waals surface area contributed by atoms with Gasteiger partial charge in [-0.2, -0.15) is 0 Å². The zero-order chi connectivity index (χ0) is 24.5. The molecule has 3 nitrogen and oxygen atoms in total. The van der Waals surface area contributed by atoms with Crippen molar-refractivity contribution in [2.75, 3.05) is 13.9 Å². The van der Waals surface area contributed by atoms with Crippen LogP contribution in [0.4, 0.5) is 0 Å². The maximum atomic E-state index is 11.6. The molecule has 0 aliphatic heterocycles. The summed E-state index contributed by atoms with van der Waals surface area (Å²) in [7, 11) is 2.08. The van der Waals surface area contributed by atoms with Crippen LogP contribution < -0.4 is 10.0 Å². The molecule has 0 amide bonds. The highest BCUT2D eigenvalue weighted by Crippen LogP contribution is 2.42. The Kier molecular flexibility index (Phi) is 8.84. The fourth-order valence-corrected chi connectivity index (χ4v) is 5.66. The SMILES string of the molecule is COCOc1c(Cc2ccccc2)cc(Cc2ccccc2)cc1C(C)Pc1ccccc1C=O. The zero-order valence-electron chi connectivity index (χ0n) is 20.2. The summed E-state index contributed by atoms with van der Waals surface area (Å²) in [5.74, 6) is 0.885. The Morgan fingerprint density at radius 2 is 1.43 bits per heavy atom. The molecule has 0 saturated carbocycles. The summed E-state index contributed by atoms with van der Waals surface area (Å²) in [4.78, 5) is 11.6. The number of hydrogen-bond acceptors (Lipinski definition) is 3. The molecule has 0 spiro atoms. The maximum Gasteiger partial charge on any atom is 0.188 e. The molecule has 0 bridgehead atoms.